The minimum Gasteiger partial charge on any atom is -0.356 e. The summed E-state index contributed by atoms with van der Waals surface area (Å²) in [5.41, 5.74) is 2.15. The molecule has 3 aromatic rings. The first-order valence-electron chi connectivity index (χ1n) is 8.20. The van der Waals surface area contributed by atoms with Crippen molar-refractivity contribution in [2.45, 2.75) is 0 Å². The highest BCUT2D eigenvalue weighted by atomic mass is 16.1. The lowest BCUT2D eigenvalue weighted by molar-refractivity contribution is 0.0984. The summed E-state index contributed by atoms with van der Waals surface area (Å²) in [5, 5.41) is 0. The van der Waals surface area contributed by atoms with Crippen molar-refractivity contribution in [3.8, 4) is 0 Å². The van der Waals surface area contributed by atoms with Crippen LogP contribution >= 0.6 is 0 Å². The molecule has 3 rings (SSSR count). The zero-order valence-electron chi connectivity index (χ0n) is 13.8. The van der Waals surface area contributed by atoms with Crippen molar-refractivity contribution in [1.82, 2.24) is 0 Å². The van der Waals surface area contributed by atoms with Crippen LogP contribution in [0.3, 0.4) is 0 Å². The van der Waals surface area contributed by atoms with E-state index in [2.05, 4.69) is 0 Å². The first-order chi connectivity index (χ1) is 12.2. The van der Waals surface area contributed by atoms with Crippen LogP contribution in [0.2, 0.25) is 0 Å². The number of carbonyl (C=O) groups excluding carboxylic acids is 2. The minimum atomic E-state index is -0.00897. The van der Waals surface area contributed by atoms with Gasteiger partial charge in [0.1, 0.15) is 0 Å². The number of carbonyl (C=O) groups is 2. The molecule has 0 amide bonds. The molecule has 124 valence electrons. The lowest BCUT2D eigenvalue weighted by Crippen LogP contribution is -2.34. The largest absolute Gasteiger partial charge is 0.356 e. The van der Waals surface area contributed by atoms with Gasteiger partial charge in [0.2, 0.25) is 0 Å². The van der Waals surface area contributed by atoms with E-state index in [0.29, 0.717) is 11.1 Å². The number of hydrogen-bond donors (Lipinski definition) is 0. The molecular weight excluding hydrogens is 310 g/mol. The topological polar surface area (TPSA) is 37.4 Å². The average Bonchev–Trinajstić information content (AvgIpc) is 2.69. The summed E-state index contributed by atoms with van der Waals surface area (Å²) in [7, 11) is 0. The Morgan fingerprint density at radius 2 is 0.920 bits per heavy atom. The number of benzene rings is 3. The fourth-order valence-corrected chi connectivity index (χ4v) is 2.65. The van der Waals surface area contributed by atoms with Crippen LogP contribution in [0.4, 0.5) is 5.69 Å². The van der Waals surface area contributed by atoms with Crippen LogP contribution in [0.25, 0.3) is 0 Å². The van der Waals surface area contributed by atoms with Crippen molar-refractivity contribution >= 4 is 17.3 Å². The van der Waals surface area contributed by atoms with Crippen LogP contribution in [-0.4, -0.2) is 24.7 Å². The summed E-state index contributed by atoms with van der Waals surface area (Å²) in [4.78, 5) is 27.0. The average molecular weight is 329 g/mol. The summed E-state index contributed by atoms with van der Waals surface area (Å²) in [6.07, 6.45) is 0. The Labute approximate surface area is 147 Å². The molecular formula is C22H19NO2. The maximum Gasteiger partial charge on any atom is 0.182 e. The third-order valence-corrected chi connectivity index (χ3v) is 3.98. The van der Waals surface area contributed by atoms with Crippen molar-refractivity contribution in [3.05, 3.63) is 102 Å². The Kier molecular flexibility index (Phi) is 5.37. The zero-order chi connectivity index (χ0) is 17.5. The molecule has 3 heteroatoms. The maximum atomic E-state index is 12.6. The summed E-state index contributed by atoms with van der Waals surface area (Å²) in [5.74, 6) is -0.0179. The fraction of sp³-hybridized carbons (Fsp3) is 0.0909. The van der Waals surface area contributed by atoms with Crippen LogP contribution < -0.4 is 4.90 Å². The van der Waals surface area contributed by atoms with Gasteiger partial charge in [0, 0.05) is 16.8 Å². The molecule has 0 aromatic heterocycles. The third-order valence-electron chi connectivity index (χ3n) is 3.98. The molecule has 0 bridgehead atoms. The molecule has 0 unspecified atom stereocenters. The first kappa shape index (κ1) is 16.7. The van der Waals surface area contributed by atoms with E-state index in [9.17, 15) is 9.59 Å². The zero-order valence-corrected chi connectivity index (χ0v) is 13.8. The van der Waals surface area contributed by atoms with E-state index in [1.807, 2.05) is 71.6 Å². The number of para-hydroxylation sites is 1. The van der Waals surface area contributed by atoms with Crippen molar-refractivity contribution in [3.63, 3.8) is 0 Å². The van der Waals surface area contributed by atoms with Gasteiger partial charge in [-0.2, -0.15) is 0 Å². The third kappa shape index (κ3) is 4.42. The molecule has 3 aromatic carbocycles. The van der Waals surface area contributed by atoms with Crippen molar-refractivity contribution in [2.75, 3.05) is 18.0 Å². The van der Waals surface area contributed by atoms with Crippen LogP contribution in [0.5, 0.6) is 0 Å². The Morgan fingerprint density at radius 3 is 1.32 bits per heavy atom. The highest BCUT2D eigenvalue weighted by Gasteiger charge is 2.17. The lowest BCUT2D eigenvalue weighted by Gasteiger charge is -2.23. The van der Waals surface area contributed by atoms with Crippen molar-refractivity contribution < 1.29 is 9.59 Å². The molecule has 25 heavy (non-hydrogen) atoms. The van der Waals surface area contributed by atoms with Gasteiger partial charge in [-0.1, -0.05) is 78.9 Å². The number of hydrogen-bond acceptors (Lipinski definition) is 3. The van der Waals surface area contributed by atoms with E-state index >= 15 is 0 Å². The molecule has 0 aliphatic rings. The second-order valence-corrected chi connectivity index (χ2v) is 5.77. The maximum absolute atomic E-state index is 12.6. The molecule has 0 fully saturated rings. The van der Waals surface area contributed by atoms with E-state index in [1.54, 1.807) is 24.3 Å². The van der Waals surface area contributed by atoms with Gasteiger partial charge < -0.3 is 4.90 Å². The lowest BCUT2D eigenvalue weighted by atomic mass is 10.1. The monoisotopic (exact) mass is 329 g/mol. The predicted molar refractivity (Wildman–Crippen MR) is 100 cm³/mol. The number of ketones is 2. The van der Waals surface area contributed by atoms with E-state index in [1.165, 1.54) is 0 Å². The molecule has 0 atom stereocenters. The molecule has 0 aliphatic heterocycles. The normalized spacial score (nSPS) is 10.2. The van der Waals surface area contributed by atoms with Crippen molar-refractivity contribution in [2.24, 2.45) is 0 Å². The Bertz CT molecular complexity index is 776. The quantitative estimate of drug-likeness (QED) is 0.608. The van der Waals surface area contributed by atoms with Gasteiger partial charge in [-0.3, -0.25) is 9.59 Å². The Balaban J connectivity index is 1.81. The number of nitrogens with zero attached hydrogens (tertiary/aromatic N) is 1. The molecule has 0 heterocycles. The van der Waals surface area contributed by atoms with E-state index in [4.69, 9.17) is 0 Å². The van der Waals surface area contributed by atoms with Crippen molar-refractivity contribution in [1.29, 1.82) is 0 Å². The van der Waals surface area contributed by atoms with E-state index in [-0.39, 0.29) is 24.7 Å². The molecule has 0 spiro atoms. The smallest absolute Gasteiger partial charge is 0.182 e. The SMILES string of the molecule is O=C(CN(CC(=O)c1ccccc1)c1ccccc1)c1ccccc1. The van der Waals surface area contributed by atoms with Gasteiger partial charge >= 0.3 is 0 Å². The van der Waals surface area contributed by atoms with Gasteiger partial charge in [-0.25, -0.2) is 0 Å². The molecule has 0 saturated carbocycles. The van der Waals surface area contributed by atoms with Crippen LogP contribution in [0.15, 0.2) is 91.0 Å². The fourth-order valence-electron chi connectivity index (χ4n) is 2.65. The number of Topliss-reactive ketones (excluding diaryl/α,β-unsaturated/α-hetero) is 2. The number of rotatable bonds is 7. The predicted octanol–water partition coefficient (Wildman–Crippen LogP) is 4.26. The minimum absolute atomic E-state index is 0.00897. The summed E-state index contributed by atoms with van der Waals surface area (Å²) < 4.78 is 0. The second-order valence-electron chi connectivity index (χ2n) is 5.77. The standard InChI is InChI=1S/C22H19NO2/c24-21(18-10-4-1-5-11-18)16-23(20-14-8-3-9-15-20)17-22(25)19-12-6-2-7-13-19/h1-15H,16-17H2. The van der Waals surface area contributed by atoms with Crippen LogP contribution in [-0.2, 0) is 0 Å². The second kappa shape index (κ2) is 8.06. The molecule has 0 N–H and O–H groups in total. The first-order valence-corrected chi connectivity index (χ1v) is 8.20. The van der Waals surface area contributed by atoms with Crippen LogP contribution in [0, 0.1) is 0 Å². The van der Waals surface area contributed by atoms with E-state index < -0.39 is 0 Å². The van der Waals surface area contributed by atoms with Gasteiger partial charge in [0.25, 0.3) is 0 Å². The van der Waals surface area contributed by atoms with Crippen LogP contribution in [0.1, 0.15) is 20.7 Å². The summed E-state index contributed by atoms with van der Waals surface area (Å²) in [6.45, 7) is 0.319. The Hall–Kier alpha value is -3.20. The van der Waals surface area contributed by atoms with Gasteiger partial charge in [0.05, 0.1) is 13.1 Å². The number of anilines is 1. The van der Waals surface area contributed by atoms with Gasteiger partial charge in [-0.15, -0.1) is 0 Å². The highest BCUT2D eigenvalue weighted by Crippen LogP contribution is 2.15. The summed E-state index contributed by atoms with van der Waals surface area (Å²) >= 11 is 0. The summed E-state index contributed by atoms with van der Waals surface area (Å²) in [6, 6.07) is 27.9. The molecule has 0 radical (unpaired) electrons. The highest BCUT2D eigenvalue weighted by molar-refractivity contribution is 6.02. The molecule has 0 aliphatic carbocycles. The van der Waals surface area contributed by atoms with E-state index in [0.717, 1.165) is 5.69 Å². The van der Waals surface area contributed by atoms with Gasteiger partial charge in [0.15, 0.2) is 11.6 Å². The van der Waals surface area contributed by atoms with Gasteiger partial charge in [-0.05, 0) is 12.1 Å². The molecule has 3 nitrogen and oxygen atoms in total. The Morgan fingerprint density at radius 1 is 0.560 bits per heavy atom. The molecule has 0 saturated heterocycles.